The number of aliphatic carboxylic acids is 1. The Labute approximate surface area is 243 Å². The summed E-state index contributed by atoms with van der Waals surface area (Å²) in [5.74, 6) is -0.414. The van der Waals surface area contributed by atoms with Crippen molar-refractivity contribution in [3.05, 3.63) is 48.0 Å². The van der Waals surface area contributed by atoms with Crippen molar-refractivity contribution in [1.29, 1.82) is 0 Å². The molecule has 0 aliphatic carbocycles. The molecule has 2 aliphatic rings. The van der Waals surface area contributed by atoms with Crippen LogP contribution in [-0.2, 0) is 16.0 Å². The van der Waals surface area contributed by atoms with E-state index in [1.807, 2.05) is 29.2 Å². The molecule has 1 unspecified atom stereocenters. The van der Waals surface area contributed by atoms with Gasteiger partial charge in [-0.3, -0.25) is 14.5 Å². The molecule has 224 valence electrons. The maximum Gasteiger partial charge on any atom is 0.308 e. The topological polar surface area (TPSA) is 105 Å². The molecular formula is C31H46N5O5+. The Kier molecular flexibility index (Phi) is 10.6. The number of likely N-dealkylation sites (tertiary alicyclic amines) is 1. The first kappa shape index (κ1) is 30.7. The fourth-order valence-corrected chi connectivity index (χ4v) is 5.97. The van der Waals surface area contributed by atoms with Crippen molar-refractivity contribution in [2.45, 2.75) is 57.4 Å². The summed E-state index contributed by atoms with van der Waals surface area (Å²) < 4.78 is 12.0. The lowest BCUT2D eigenvalue weighted by atomic mass is 9.83. The number of quaternary nitrogens is 1. The van der Waals surface area contributed by atoms with Gasteiger partial charge in [0.2, 0.25) is 12.7 Å². The maximum absolute atomic E-state index is 13.8. The van der Waals surface area contributed by atoms with Gasteiger partial charge in [0.15, 0.2) is 11.5 Å². The lowest BCUT2D eigenvalue weighted by molar-refractivity contribution is -0.870. The molecule has 1 amide bonds. The molecule has 0 bridgehead atoms. The molecule has 10 heteroatoms. The van der Waals surface area contributed by atoms with E-state index in [9.17, 15) is 14.7 Å². The monoisotopic (exact) mass is 568 g/mol. The van der Waals surface area contributed by atoms with Crippen LogP contribution in [0.2, 0.25) is 0 Å². The number of carbonyl (C=O) groups is 2. The molecule has 10 nitrogen and oxygen atoms in total. The summed E-state index contributed by atoms with van der Waals surface area (Å²) in [4.78, 5) is 39.0. The Morgan fingerprint density at radius 1 is 1.10 bits per heavy atom. The first-order valence-corrected chi connectivity index (χ1v) is 14.9. The highest BCUT2D eigenvalue weighted by Gasteiger charge is 2.47. The van der Waals surface area contributed by atoms with Crippen LogP contribution in [0.1, 0.15) is 56.2 Å². The summed E-state index contributed by atoms with van der Waals surface area (Å²) in [6.45, 7) is 5.51. The predicted octanol–water partition coefficient (Wildman–Crippen LogP) is 3.42. The third-order valence-electron chi connectivity index (χ3n) is 8.18. The molecule has 41 heavy (non-hydrogen) atoms. The Bertz CT molecular complexity index is 1160. The summed E-state index contributed by atoms with van der Waals surface area (Å²) in [7, 11) is 6.55. The number of benzene rings is 1. The summed E-state index contributed by atoms with van der Waals surface area (Å²) in [6.07, 6.45) is 8.39. The maximum atomic E-state index is 13.8. The van der Waals surface area contributed by atoms with E-state index in [0.29, 0.717) is 30.9 Å². The highest BCUT2D eigenvalue weighted by molar-refractivity contribution is 5.79. The minimum atomic E-state index is -0.849. The van der Waals surface area contributed by atoms with Gasteiger partial charge < -0.3 is 24.0 Å². The predicted molar refractivity (Wildman–Crippen MR) is 156 cm³/mol. The number of aromatic nitrogens is 2. The molecule has 1 fully saturated rings. The first-order chi connectivity index (χ1) is 19.7. The highest BCUT2D eigenvalue weighted by Crippen LogP contribution is 2.43. The molecule has 2 aliphatic heterocycles. The molecular weight excluding hydrogens is 522 g/mol. The van der Waals surface area contributed by atoms with E-state index in [1.165, 1.54) is 6.33 Å². The molecule has 1 aromatic heterocycles. The minimum absolute atomic E-state index is 0.0752. The van der Waals surface area contributed by atoms with Gasteiger partial charge in [0, 0.05) is 43.5 Å². The number of unbranched alkanes of at least 4 members (excludes halogenated alkanes) is 2. The fourth-order valence-electron chi connectivity index (χ4n) is 5.97. The van der Waals surface area contributed by atoms with Crippen LogP contribution in [0.5, 0.6) is 11.5 Å². The van der Waals surface area contributed by atoms with Gasteiger partial charge in [-0.2, -0.15) is 0 Å². The normalized spacial score (nSPS) is 20.3. The fraction of sp³-hybridized carbons (Fsp3) is 0.613. The molecule has 0 saturated carbocycles. The van der Waals surface area contributed by atoms with Crippen molar-refractivity contribution in [3.8, 4) is 11.5 Å². The van der Waals surface area contributed by atoms with Crippen molar-refractivity contribution in [1.82, 2.24) is 19.8 Å². The van der Waals surface area contributed by atoms with Crippen molar-refractivity contribution in [3.63, 3.8) is 0 Å². The Hall–Kier alpha value is -3.24. The summed E-state index contributed by atoms with van der Waals surface area (Å²) in [5.41, 5.74) is 1.76. The molecule has 3 heterocycles. The second-order valence-electron chi connectivity index (χ2n) is 12.3. The van der Waals surface area contributed by atoms with Gasteiger partial charge in [-0.25, -0.2) is 9.97 Å². The molecule has 1 aromatic carbocycles. The van der Waals surface area contributed by atoms with E-state index in [-0.39, 0.29) is 31.2 Å². The second kappa shape index (κ2) is 14.1. The van der Waals surface area contributed by atoms with Crippen LogP contribution in [0, 0.1) is 5.92 Å². The number of aryl methyl sites for hydroxylation is 1. The standard InChI is InChI=1S/C31H45N5O5/c1-5-6-15-34(16-7-8-17-36(2,3)4)29(37)20-35-19-25(23-9-12-27-28(18-23)41-22-40-27)30(31(38)39)26(35)11-10-24-13-14-32-21-33-24/h9,12-14,18,21,25-26,30H,5-8,10-11,15-17,19-20,22H2,1-4H3/p+1/t25-,26+,30?/m1/s1. The number of amides is 1. The van der Waals surface area contributed by atoms with Crippen LogP contribution in [0.3, 0.4) is 0 Å². The number of fused-ring (bicyclic) bond motifs is 1. The minimum Gasteiger partial charge on any atom is -0.481 e. The molecule has 0 spiro atoms. The van der Waals surface area contributed by atoms with Crippen LogP contribution in [0.4, 0.5) is 0 Å². The average Bonchev–Trinajstić information content (AvgIpc) is 3.55. The van der Waals surface area contributed by atoms with Gasteiger partial charge in [-0.15, -0.1) is 0 Å². The lowest BCUT2D eigenvalue weighted by Gasteiger charge is -2.30. The third kappa shape index (κ3) is 8.39. The van der Waals surface area contributed by atoms with Gasteiger partial charge in [-0.1, -0.05) is 19.4 Å². The zero-order valence-electron chi connectivity index (χ0n) is 25.0. The van der Waals surface area contributed by atoms with Gasteiger partial charge in [-0.05, 0) is 55.9 Å². The van der Waals surface area contributed by atoms with Crippen LogP contribution >= 0.6 is 0 Å². The highest BCUT2D eigenvalue weighted by atomic mass is 16.7. The van der Waals surface area contributed by atoms with E-state index in [1.54, 1.807) is 6.20 Å². The summed E-state index contributed by atoms with van der Waals surface area (Å²) in [5, 5.41) is 10.5. The quantitative estimate of drug-likeness (QED) is 0.258. The van der Waals surface area contributed by atoms with Crippen molar-refractivity contribution in [2.75, 3.05) is 60.7 Å². The number of carbonyl (C=O) groups excluding carboxylic acids is 1. The SMILES string of the molecule is CCCCN(CCCC[N+](C)(C)C)C(=O)CN1C[C@H](c2ccc3c(c2)OCO3)C(C(=O)O)[C@@H]1CCc1ccncn1. The number of carboxylic acids is 1. The zero-order chi connectivity index (χ0) is 29.4. The number of hydrogen-bond donors (Lipinski definition) is 1. The van der Waals surface area contributed by atoms with E-state index >= 15 is 0 Å². The molecule has 2 aromatic rings. The van der Waals surface area contributed by atoms with E-state index in [0.717, 1.165) is 61.1 Å². The van der Waals surface area contributed by atoms with E-state index in [2.05, 4.69) is 42.9 Å². The first-order valence-electron chi connectivity index (χ1n) is 14.9. The Morgan fingerprint density at radius 2 is 1.88 bits per heavy atom. The van der Waals surface area contributed by atoms with Crippen LogP contribution in [0.25, 0.3) is 0 Å². The van der Waals surface area contributed by atoms with E-state index in [4.69, 9.17) is 9.47 Å². The lowest BCUT2D eigenvalue weighted by Crippen LogP contribution is -2.45. The van der Waals surface area contributed by atoms with Crippen LogP contribution in [-0.4, -0.2) is 108 Å². The van der Waals surface area contributed by atoms with Crippen molar-refractivity contribution in [2.24, 2.45) is 5.92 Å². The van der Waals surface area contributed by atoms with E-state index < -0.39 is 11.9 Å². The van der Waals surface area contributed by atoms with Crippen LogP contribution < -0.4 is 9.47 Å². The third-order valence-corrected chi connectivity index (χ3v) is 8.18. The summed E-state index contributed by atoms with van der Waals surface area (Å²) >= 11 is 0. The Balaban J connectivity index is 1.54. The smallest absolute Gasteiger partial charge is 0.308 e. The van der Waals surface area contributed by atoms with Gasteiger partial charge >= 0.3 is 5.97 Å². The molecule has 1 N–H and O–H groups in total. The number of hydrogen-bond acceptors (Lipinski definition) is 7. The van der Waals surface area contributed by atoms with Gasteiger partial charge in [0.05, 0.1) is 40.2 Å². The molecule has 4 rings (SSSR count). The van der Waals surface area contributed by atoms with Crippen molar-refractivity contribution >= 4 is 11.9 Å². The average molecular weight is 569 g/mol. The number of carboxylic acid groups (broad SMARTS) is 1. The number of rotatable bonds is 15. The molecule has 0 radical (unpaired) electrons. The zero-order valence-corrected chi connectivity index (χ0v) is 25.0. The number of nitrogens with zero attached hydrogens (tertiary/aromatic N) is 5. The van der Waals surface area contributed by atoms with Gasteiger partial charge in [0.25, 0.3) is 0 Å². The van der Waals surface area contributed by atoms with Crippen molar-refractivity contribution < 1.29 is 28.7 Å². The largest absolute Gasteiger partial charge is 0.481 e. The van der Waals surface area contributed by atoms with Gasteiger partial charge in [0.1, 0.15) is 6.33 Å². The van der Waals surface area contributed by atoms with Crippen LogP contribution in [0.15, 0.2) is 36.8 Å². The molecule has 3 atom stereocenters. The molecule has 1 saturated heterocycles. The second-order valence-corrected chi connectivity index (χ2v) is 12.3. The summed E-state index contributed by atoms with van der Waals surface area (Å²) in [6, 6.07) is 7.23. The Morgan fingerprint density at radius 3 is 2.59 bits per heavy atom. The number of ether oxygens (including phenoxy) is 2.